The van der Waals surface area contributed by atoms with Gasteiger partial charge in [0.15, 0.2) is 5.58 Å². The molecular formula is C11H13NO2S. The van der Waals surface area contributed by atoms with Gasteiger partial charge in [-0.1, -0.05) is 23.9 Å². The standard InChI is InChI=1S/C11H13NO2S/c1-13-7-4-8-15-11-12-9-5-2-3-6-10(9)14-11/h2-3,5-6H,4,7-8H2,1H3. The van der Waals surface area contributed by atoms with Gasteiger partial charge in [-0.15, -0.1) is 0 Å². The Balaban J connectivity index is 1.97. The maximum Gasteiger partial charge on any atom is 0.256 e. The van der Waals surface area contributed by atoms with E-state index in [2.05, 4.69) is 4.98 Å². The minimum Gasteiger partial charge on any atom is -0.431 e. The number of oxazole rings is 1. The van der Waals surface area contributed by atoms with Crippen LogP contribution in [0.3, 0.4) is 0 Å². The Kier molecular flexibility index (Phi) is 3.64. The molecule has 0 fully saturated rings. The molecule has 0 aliphatic carbocycles. The summed E-state index contributed by atoms with van der Waals surface area (Å²) in [5.41, 5.74) is 1.78. The largest absolute Gasteiger partial charge is 0.431 e. The molecule has 80 valence electrons. The fraction of sp³-hybridized carbons (Fsp3) is 0.364. The molecule has 2 rings (SSSR count). The van der Waals surface area contributed by atoms with Crippen LogP contribution in [0.2, 0.25) is 0 Å². The highest BCUT2D eigenvalue weighted by Gasteiger charge is 2.04. The number of benzene rings is 1. The summed E-state index contributed by atoms with van der Waals surface area (Å²) in [7, 11) is 1.71. The van der Waals surface area contributed by atoms with Crippen molar-refractivity contribution in [2.45, 2.75) is 11.6 Å². The van der Waals surface area contributed by atoms with Crippen LogP contribution in [0.15, 0.2) is 33.9 Å². The fourth-order valence-electron chi connectivity index (χ4n) is 1.28. The maximum atomic E-state index is 5.56. The van der Waals surface area contributed by atoms with Gasteiger partial charge in [0.25, 0.3) is 5.22 Å². The van der Waals surface area contributed by atoms with E-state index in [1.165, 1.54) is 0 Å². The zero-order valence-electron chi connectivity index (χ0n) is 8.60. The van der Waals surface area contributed by atoms with Gasteiger partial charge in [-0.05, 0) is 18.6 Å². The van der Waals surface area contributed by atoms with Crippen LogP contribution in [-0.4, -0.2) is 24.5 Å². The molecule has 0 saturated carbocycles. The van der Waals surface area contributed by atoms with Crippen LogP contribution < -0.4 is 0 Å². The topological polar surface area (TPSA) is 35.3 Å². The number of hydrogen-bond acceptors (Lipinski definition) is 4. The number of rotatable bonds is 5. The molecule has 4 heteroatoms. The van der Waals surface area contributed by atoms with Crippen molar-refractivity contribution in [3.63, 3.8) is 0 Å². The minimum absolute atomic E-state index is 0.743. The zero-order chi connectivity index (χ0) is 10.5. The van der Waals surface area contributed by atoms with Crippen LogP contribution in [0, 0.1) is 0 Å². The molecule has 0 atom stereocenters. The molecule has 0 spiro atoms. The van der Waals surface area contributed by atoms with Crippen molar-refractivity contribution < 1.29 is 9.15 Å². The van der Waals surface area contributed by atoms with Gasteiger partial charge >= 0.3 is 0 Å². The van der Waals surface area contributed by atoms with Crippen molar-refractivity contribution >= 4 is 22.9 Å². The first kappa shape index (κ1) is 10.5. The number of aromatic nitrogens is 1. The Hall–Kier alpha value is -1.00. The summed E-state index contributed by atoms with van der Waals surface area (Å²) in [6, 6.07) is 7.80. The molecule has 0 aliphatic rings. The second kappa shape index (κ2) is 5.19. The highest BCUT2D eigenvalue weighted by molar-refractivity contribution is 7.99. The minimum atomic E-state index is 0.743. The zero-order valence-corrected chi connectivity index (χ0v) is 9.42. The van der Waals surface area contributed by atoms with Crippen molar-refractivity contribution in [2.24, 2.45) is 0 Å². The summed E-state index contributed by atoms with van der Waals surface area (Å²) in [5, 5.41) is 0.743. The molecule has 3 nitrogen and oxygen atoms in total. The average molecular weight is 223 g/mol. The van der Waals surface area contributed by atoms with E-state index in [-0.39, 0.29) is 0 Å². The van der Waals surface area contributed by atoms with Crippen molar-refractivity contribution in [2.75, 3.05) is 19.5 Å². The lowest BCUT2D eigenvalue weighted by atomic mass is 10.3. The van der Waals surface area contributed by atoms with E-state index in [4.69, 9.17) is 9.15 Å². The molecule has 1 aromatic carbocycles. The molecule has 1 heterocycles. The van der Waals surface area contributed by atoms with Crippen molar-refractivity contribution in [3.05, 3.63) is 24.3 Å². The van der Waals surface area contributed by atoms with E-state index in [0.717, 1.165) is 35.1 Å². The molecule has 0 radical (unpaired) electrons. The summed E-state index contributed by atoms with van der Waals surface area (Å²) in [6.45, 7) is 0.785. The van der Waals surface area contributed by atoms with Gasteiger partial charge in [-0.2, -0.15) is 0 Å². The maximum absolute atomic E-state index is 5.56. The SMILES string of the molecule is COCCCSc1nc2ccccc2o1. The highest BCUT2D eigenvalue weighted by Crippen LogP contribution is 2.23. The van der Waals surface area contributed by atoms with Crippen LogP contribution in [0.25, 0.3) is 11.1 Å². The molecule has 2 aromatic rings. The lowest BCUT2D eigenvalue weighted by Crippen LogP contribution is -1.89. The quantitative estimate of drug-likeness (QED) is 0.576. The third-order valence-electron chi connectivity index (χ3n) is 1.99. The van der Waals surface area contributed by atoms with E-state index in [1.54, 1.807) is 18.9 Å². The van der Waals surface area contributed by atoms with Gasteiger partial charge in [-0.3, -0.25) is 0 Å². The highest BCUT2D eigenvalue weighted by atomic mass is 32.2. The van der Waals surface area contributed by atoms with Gasteiger partial charge in [0.05, 0.1) is 0 Å². The number of para-hydroxylation sites is 2. The Bertz CT molecular complexity index is 394. The molecule has 0 N–H and O–H groups in total. The normalized spacial score (nSPS) is 11.0. The number of thioether (sulfide) groups is 1. The van der Waals surface area contributed by atoms with Crippen LogP contribution in [0.5, 0.6) is 0 Å². The van der Waals surface area contributed by atoms with Crippen molar-refractivity contribution in [3.8, 4) is 0 Å². The number of ether oxygens (including phenoxy) is 1. The fourth-order valence-corrected chi connectivity index (χ4v) is 2.02. The molecule has 1 aromatic heterocycles. The van der Waals surface area contributed by atoms with E-state index >= 15 is 0 Å². The molecule has 0 saturated heterocycles. The predicted molar refractivity (Wildman–Crippen MR) is 61.2 cm³/mol. The summed E-state index contributed by atoms with van der Waals surface area (Å²) >= 11 is 1.63. The number of fused-ring (bicyclic) bond motifs is 1. The van der Waals surface area contributed by atoms with Gasteiger partial charge in [0.2, 0.25) is 0 Å². The molecule has 0 unspecified atom stereocenters. The summed E-state index contributed by atoms with van der Waals surface area (Å²) in [4.78, 5) is 4.37. The third kappa shape index (κ3) is 2.73. The first-order valence-corrected chi connectivity index (χ1v) is 5.86. The lowest BCUT2D eigenvalue weighted by molar-refractivity contribution is 0.200. The second-order valence-corrected chi connectivity index (χ2v) is 4.19. The number of hydrogen-bond donors (Lipinski definition) is 0. The molecule has 15 heavy (non-hydrogen) atoms. The van der Waals surface area contributed by atoms with Gasteiger partial charge in [0, 0.05) is 19.5 Å². The van der Waals surface area contributed by atoms with E-state index in [1.807, 2.05) is 24.3 Å². The van der Waals surface area contributed by atoms with Crippen molar-refractivity contribution in [1.29, 1.82) is 0 Å². The Morgan fingerprint density at radius 1 is 1.40 bits per heavy atom. The third-order valence-corrected chi connectivity index (χ3v) is 2.91. The van der Waals surface area contributed by atoms with Crippen LogP contribution in [-0.2, 0) is 4.74 Å². The lowest BCUT2D eigenvalue weighted by Gasteiger charge is -1.95. The summed E-state index contributed by atoms with van der Waals surface area (Å²) in [5.74, 6) is 0.973. The van der Waals surface area contributed by atoms with E-state index in [0.29, 0.717) is 0 Å². The monoisotopic (exact) mass is 223 g/mol. The van der Waals surface area contributed by atoms with Gasteiger partial charge < -0.3 is 9.15 Å². The summed E-state index contributed by atoms with van der Waals surface area (Å²) in [6.07, 6.45) is 1.01. The number of nitrogens with zero attached hydrogens (tertiary/aromatic N) is 1. The van der Waals surface area contributed by atoms with Crippen LogP contribution in [0.4, 0.5) is 0 Å². The molecular weight excluding hydrogens is 210 g/mol. The van der Waals surface area contributed by atoms with Gasteiger partial charge in [-0.25, -0.2) is 4.98 Å². The van der Waals surface area contributed by atoms with Gasteiger partial charge in [0.1, 0.15) is 5.52 Å². The molecule has 0 amide bonds. The predicted octanol–water partition coefficient (Wildman–Crippen LogP) is 2.96. The number of methoxy groups -OCH3 is 1. The smallest absolute Gasteiger partial charge is 0.256 e. The first-order valence-electron chi connectivity index (χ1n) is 4.87. The van der Waals surface area contributed by atoms with E-state index < -0.39 is 0 Å². The van der Waals surface area contributed by atoms with E-state index in [9.17, 15) is 0 Å². The molecule has 0 aliphatic heterocycles. The Labute approximate surface area is 92.8 Å². The average Bonchev–Trinajstić information content (AvgIpc) is 2.67. The first-order chi connectivity index (χ1) is 7.40. The van der Waals surface area contributed by atoms with Crippen LogP contribution >= 0.6 is 11.8 Å². The Morgan fingerprint density at radius 2 is 2.27 bits per heavy atom. The van der Waals surface area contributed by atoms with Crippen LogP contribution in [0.1, 0.15) is 6.42 Å². The summed E-state index contributed by atoms with van der Waals surface area (Å²) < 4.78 is 10.5. The molecule has 0 bridgehead atoms. The second-order valence-electron chi connectivity index (χ2n) is 3.14. The Morgan fingerprint density at radius 3 is 3.07 bits per heavy atom. The van der Waals surface area contributed by atoms with Crippen molar-refractivity contribution in [1.82, 2.24) is 4.98 Å².